The fourth-order valence-corrected chi connectivity index (χ4v) is 1.59. The van der Waals surface area contributed by atoms with Crippen molar-refractivity contribution in [3.05, 3.63) is 0 Å². The van der Waals surface area contributed by atoms with Crippen LogP contribution < -0.4 is 5.32 Å². The zero-order valence-corrected chi connectivity index (χ0v) is 9.37. The Morgan fingerprint density at radius 3 is 3.07 bits per heavy atom. The Kier molecular flexibility index (Phi) is 7.21. The number of nitrogens with zero attached hydrogens (tertiary/aromatic N) is 1. The molecular formula is C11H22N2O2. The van der Waals surface area contributed by atoms with Gasteiger partial charge in [0.05, 0.1) is 19.0 Å². The number of ether oxygens (including phenoxy) is 1. The van der Waals surface area contributed by atoms with E-state index in [1.165, 1.54) is 19.3 Å². The van der Waals surface area contributed by atoms with Crippen LogP contribution in [0.2, 0.25) is 0 Å². The fourth-order valence-electron chi connectivity index (χ4n) is 1.59. The maximum Gasteiger partial charge on any atom is 0.0963 e. The van der Waals surface area contributed by atoms with Crippen molar-refractivity contribution >= 4 is 5.84 Å². The maximum atomic E-state index is 8.50. The normalized spacial score (nSPS) is 17.0. The third kappa shape index (κ3) is 6.47. The molecule has 0 fully saturated rings. The highest BCUT2D eigenvalue weighted by Crippen LogP contribution is 2.05. The minimum Gasteiger partial charge on any atom is -0.394 e. The van der Waals surface area contributed by atoms with E-state index < -0.39 is 0 Å². The molecule has 0 spiro atoms. The van der Waals surface area contributed by atoms with Gasteiger partial charge < -0.3 is 15.2 Å². The highest BCUT2D eigenvalue weighted by molar-refractivity contribution is 5.82. The Labute approximate surface area is 91.7 Å². The highest BCUT2D eigenvalue weighted by Gasteiger charge is 2.02. The molecule has 4 nitrogen and oxygen atoms in total. The van der Waals surface area contributed by atoms with Crippen molar-refractivity contribution in [1.29, 1.82) is 0 Å². The molecular weight excluding hydrogens is 192 g/mol. The summed E-state index contributed by atoms with van der Waals surface area (Å²) in [7, 11) is 0. The number of nitrogens with one attached hydrogen (secondary N) is 1. The van der Waals surface area contributed by atoms with Gasteiger partial charge in [-0.25, -0.2) is 0 Å². The molecule has 0 saturated carbocycles. The van der Waals surface area contributed by atoms with Gasteiger partial charge in [-0.1, -0.05) is 6.42 Å². The monoisotopic (exact) mass is 214 g/mol. The van der Waals surface area contributed by atoms with Crippen LogP contribution in [-0.2, 0) is 4.74 Å². The molecule has 0 radical (unpaired) electrons. The van der Waals surface area contributed by atoms with E-state index in [0.717, 1.165) is 31.8 Å². The quantitative estimate of drug-likeness (QED) is 0.647. The third-order valence-corrected chi connectivity index (χ3v) is 2.40. The minimum atomic E-state index is 0.111. The third-order valence-electron chi connectivity index (χ3n) is 2.40. The van der Waals surface area contributed by atoms with E-state index in [1.807, 2.05) is 0 Å². The molecule has 1 rings (SSSR count). The van der Waals surface area contributed by atoms with E-state index in [1.54, 1.807) is 0 Å². The molecule has 2 N–H and O–H groups in total. The topological polar surface area (TPSA) is 53.9 Å². The first kappa shape index (κ1) is 12.5. The molecule has 88 valence electrons. The average molecular weight is 214 g/mol. The van der Waals surface area contributed by atoms with Crippen LogP contribution in [-0.4, -0.2) is 43.9 Å². The van der Waals surface area contributed by atoms with Crippen LogP contribution >= 0.6 is 0 Å². The maximum absolute atomic E-state index is 8.50. The van der Waals surface area contributed by atoms with Gasteiger partial charge in [-0.2, -0.15) is 0 Å². The first-order valence-corrected chi connectivity index (χ1v) is 5.89. The Morgan fingerprint density at radius 2 is 2.20 bits per heavy atom. The first-order valence-electron chi connectivity index (χ1n) is 5.89. The highest BCUT2D eigenvalue weighted by atomic mass is 16.5. The summed E-state index contributed by atoms with van der Waals surface area (Å²) in [5.41, 5.74) is 0. The minimum absolute atomic E-state index is 0.111. The Balaban J connectivity index is 1.96. The molecule has 0 saturated heterocycles. The lowest BCUT2D eigenvalue weighted by molar-refractivity contribution is 0.0912. The molecule has 1 aliphatic heterocycles. The molecule has 1 aliphatic rings. The van der Waals surface area contributed by atoms with Crippen molar-refractivity contribution in [1.82, 2.24) is 5.32 Å². The lowest BCUT2D eigenvalue weighted by atomic mass is 10.2. The molecule has 0 atom stereocenters. The summed E-state index contributed by atoms with van der Waals surface area (Å²) in [5, 5.41) is 11.8. The number of aliphatic hydroxyl groups is 1. The van der Waals surface area contributed by atoms with Crippen molar-refractivity contribution in [2.24, 2.45) is 4.99 Å². The Hall–Kier alpha value is -0.610. The summed E-state index contributed by atoms with van der Waals surface area (Å²) >= 11 is 0. The molecule has 0 unspecified atom stereocenters. The van der Waals surface area contributed by atoms with E-state index in [-0.39, 0.29) is 6.61 Å². The van der Waals surface area contributed by atoms with E-state index in [4.69, 9.17) is 9.84 Å². The largest absolute Gasteiger partial charge is 0.394 e. The molecule has 0 aromatic rings. The predicted molar refractivity (Wildman–Crippen MR) is 61.3 cm³/mol. The van der Waals surface area contributed by atoms with Crippen LogP contribution in [0.5, 0.6) is 0 Å². The summed E-state index contributed by atoms with van der Waals surface area (Å²) in [6.07, 6.45) is 5.85. The van der Waals surface area contributed by atoms with Gasteiger partial charge in [0.1, 0.15) is 0 Å². The second-order valence-corrected chi connectivity index (χ2v) is 3.76. The summed E-state index contributed by atoms with van der Waals surface area (Å²) in [4.78, 5) is 4.48. The molecule has 1 heterocycles. The van der Waals surface area contributed by atoms with Gasteiger partial charge in [-0.05, 0) is 19.3 Å². The SMILES string of the molecule is OCCOCCCNC1=NCCCCC1. The number of hydrogen-bond acceptors (Lipinski definition) is 4. The van der Waals surface area contributed by atoms with Gasteiger partial charge in [-0.15, -0.1) is 0 Å². The number of rotatable bonds is 6. The van der Waals surface area contributed by atoms with Gasteiger partial charge in [0.2, 0.25) is 0 Å². The Bertz CT molecular complexity index is 183. The van der Waals surface area contributed by atoms with Crippen molar-refractivity contribution < 1.29 is 9.84 Å². The van der Waals surface area contributed by atoms with Gasteiger partial charge in [0, 0.05) is 26.1 Å². The van der Waals surface area contributed by atoms with Gasteiger partial charge >= 0.3 is 0 Å². The summed E-state index contributed by atoms with van der Waals surface area (Å²) < 4.78 is 5.17. The zero-order chi connectivity index (χ0) is 10.8. The smallest absolute Gasteiger partial charge is 0.0963 e. The van der Waals surface area contributed by atoms with Crippen LogP contribution in [0.15, 0.2) is 4.99 Å². The molecule has 0 aliphatic carbocycles. The van der Waals surface area contributed by atoms with E-state index >= 15 is 0 Å². The van der Waals surface area contributed by atoms with Crippen LogP contribution in [0.25, 0.3) is 0 Å². The summed E-state index contributed by atoms with van der Waals surface area (Å²) in [5.74, 6) is 1.16. The predicted octanol–water partition coefficient (Wildman–Crippen LogP) is 0.947. The second kappa shape index (κ2) is 8.68. The van der Waals surface area contributed by atoms with Gasteiger partial charge in [0.25, 0.3) is 0 Å². The van der Waals surface area contributed by atoms with E-state index in [2.05, 4.69) is 10.3 Å². The van der Waals surface area contributed by atoms with Crippen LogP contribution in [0.1, 0.15) is 32.1 Å². The second-order valence-electron chi connectivity index (χ2n) is 3.76. The number of amidine groups is 1. The molecule has 0 aromatic carbocycles. The number of aliphatic hydroxyl groups excluding tert-OH is 1. The van der Waals surface area contributed by atoms with Gasteiger partial charge in [-0.3, -0.25) is 4.99 Å². The van der Waals surface area contributed by atoms with Crippen molar-refractivity contribution in [2.75, 3.05) is 32.9 Å². The molecule has 4 heteroatoms. The zero-order valence-electron chi connectivity index (χ0n) is 9.37. The standard InChI is InChI=1S/C11H22N2O2/c14-8-10-15-9-4-7-13-11-5-2-1-3-6-12-11/h14H,1-10H2,(H,12,13). The average Bonchev–Trinajstić information content (AvgIpc) is 2.52. The summed E-state index contributed by atoms with van der Waals surface area (Å²) in [6, 6.07) is 0. The summed E-state index contributed by atoms with van der Waals surface area (Å²) in [6.45, 7) is 3.16. The van der Waals surface area contributed by atoms with Crippen molar-refractivity contribution in [2.45, 2.75) is 32.1 Å². The molecule has 15 heavy (non-hydrogen) atoms. The van der Waals surface area contributed by atoms with Crippen LogP contribution in [0.3, 0.4) is 0 Å². The molecule has 0 bridgehead atoms. The lowest BCUT2D eigenvalue weighted by Gasteiger charge is -2.08. The lowest BCUT2D eigenvalue weighted by Crippen LogP contribution is -2.25. The van der Waals surface area contributed by atoms with Crippen LogP contribution in [0, 0.1) is 0 Å². The molecule has 0 amide bonds. The Morgan fingerprint density at radius 1 is 1.27 bits per heavy atom. The van der Waals surface area contributed by atoms with E-state index in [0.29, 0.717) is 13.2 Å². The number of aliphatic imine (C=N–C) groups is 1. The van der Waals surface area contributed by atoms with Gasteiger partial charge in [0.15, 0.2) is 0 Å². The van der Waals surface area contributed by atoms with E-state index in [9.17, 15) is 0 Å². The molecule has 0 aromatic heterocycles. The number of hydrogen-bond donors (Lipinski definition) is 2. The van der Waals surface area contributed by atoms with Crippen molar-refractivity contribution in [3.63, 3.8) is 0 Å². The van der Waals surface area contributed by atoms with Crippen molar-refractivity contribution in [3.8, 4) is 0 Å². The first-order chi connectivity index (χ1) is 7.43. The van der Waals surface area contributed by atoms with Crippen LogP contribution in [0.4, 0.5) is 0 Å². The fraction of sp³-hybridized carbons (Fsp3) is 0.909.